The lowest BCUT2D eigenvalue weighted by atomic mass is 10.0. The molecule has 4 nitrogen and oxygen atoms in total. The van der Waals surface area contributed by atoms with Crippen molar-refractivity contribution in [3.63, 3.8) is 0 Å². The molecular weight excluding hydrogens is 300 g/mol. The van der Waals surface area contributed by atoms with Gasteiger partial charge in [-0.3, -0.25) is 9.79 Å². The zero-order valence-electron chi connectivity index (χ0n) is 14.2. The van der Waals surface area contributed by atoms with Crippen LogP contribution in [0, 0.1) is 0 Å². The quantitative estimate of drug-likeness (QED) is 0.579. The Morgan fingerprint density at radius 1 is 1.17 bits per heavy atom. The molecule has 2 aromatic rings. The van der Waals surface area contributed by atoms with Crippen LogP contribution in [0.4, 0.5) is 5.69 Å². The second-order valence-corrected chi connectivity index (χ2v) is 6.27. The molecule has 1 aliphatic rings. The van der Waals surface area contributed by atoms with Crippen molar-refractivity contribution in [3.8, 4) is 5.75 Å². The van der Waals surface area contributed by atoms with Gasteiger partial charge in [0.15, 0.2) is 0 Å². The molecule has 0 N–H and O–H groups in total. The predicted molar refractivity (Wildman–Crippen MR) is 96.8 cm³/mol. The molecule has 24 heavy (non-hydrogen) atoms. The molecule has 4 heteroatoms. The van der Waals surface area contributed by atoms with Gasteiger partial charge in [0.2, 0.25) is 0 Å². The highest BCUT2D eigenvalue weighted by Crippen LogP contribution is 2.32. The maximum atomic E-state index is 10.8. The molecule has 0 saturated heterocycles. The van der Waals surface area contributed by atoms with E-state index in [0.717, 1.165) is 48.4 Å². The van der Waals surface area contributed by atoms with Crippen molar-refractivity contribution < 1.29 is 9.53 Å². The van der Waals surface area contributed by atoms with Gasteiger partial charge in [-0.15, -0.1) is 0 Å². The molecule has 0 bridgehead atoms. The van der Waals surface area contributed by atoms with Crippen molar-refractivity contribution in [2.45, 2.75) is 12.8 Å². The molecule has 0 aliphatic carbocycles. The summed E-state index contributed by atoms with van der Waals surface area (Å²) in [6.45, 7) is 1.73. The molecule has 0 unspecified atom stereocenters. The standard InChI is InChI=1S/C20H22N2O2/c1-22(2)10-3-11-24-18-9-8-17-12-19(21-20(17)13-18)16-6-4-15(14-23)5-7-16/h4-9,13-14H,3,10-12H2,1-2H3. The molecule has 0 amide bonds. The highest BCUT2D eigenvalue weighted by atomic mass is 16.5. The summed E-state index contributed by atoms with van der Waals surface area (Å²) >= 11 is 0. The van der Waals surface area contributed by atoms with Gasteiger partial charge in [-0.05, 0) is 37.7 Å². The fraction of sp³-hybridized carbons (Fsp3) is 0.300. The van der Waals surface area contributed by atoms with Crippen LogP contribution in [0.1, 0.15) is 27.9 Å². The van der Waals surface area contributed by atoms with E-state index in [1.807, 2.05) is 36.4 Å². The van der Waals surface area contributed by atoms with E-state index in [0.29, 0.717) is 12.2 Å². The molecule has 1 aliphatic heterocycles. The minimum absolute atomic E-state index is 0.684. The van der Waals surface area contributed by atoms with Gasteiger partial charge >= 0.3 is 0 Å². The molecule has 0 fully saturated rings. The average molecular weight is 322 g/mol. The van der Waals surface area contributed by atoms with Crippen LogP contribution in [0.15, 0.2) is 47.5 Å². The van der Waals surface area contributed by atoms with Crippen molar-refractivity contribution in [1.82, 2.24) is 4.90 Å². The molecule has 0 spiro atoms. The van der Waals surface area contributed by atoms with Crippen LogP contribution in [-0.2, 0) is 6.42 Å². The Kier molecular flexibility index (Phi) is 5.06. The van der Waals surface area contributed by atoms with E-state index in [1.165, 1.54) is 5.56 Å². The fourth-order valence-corrected chi connectivity index (χ4v) is 2.74. The Morgan fingerprint density at radius 3 is 2.67 bits per heavy atom. The topological polar surface area (TPSA) is 41.9 Å². The van der Waals surface area contributed by atoms with E-state index in [4.69, 9.17) is 9.73 Å². The second kappa shape index (κ2) is 7.41. The Morgan fingerprint density at radius 2 is 1.96 bits per heavy atom. The number of aldehydes is 1. The first-order chi connectivity index (χ1) is 11.7. The number of ether oxygens (including phenoxy) is 1. The number of hydrogen-bond acceptors (Lipinski definition) is 4. The van der Waals surface area contributed by atoms with E-state index >= 15 is 0 Å². The summed E-state index contributed by atoms with van der Waals surface area (Å²) < 4.78 is 5.82. The maximum absolute atomic E-state index is 10.8. The number of benzene rings is 2. The van der Waals surface area contributed by atoms with Crippen molar-refractivity contribution in [2.75, 3.05) is 27.2 Å². The number of carbonyl (C=O) groups excluding carboxylic acids is 1. The third kappa shape index (κ3) is 3.89. The van der Waals surface area contributed by atoms with Gasteiger partial charge in [0.25, 0.3) is 0 Å². The molecule has 0 radical (unpaired) electrons. The molecule has 124 valence electrons. The number of aliphatic imine (C=N–C) groups is 1. The first-order valence-electron chi connectivity index (χ1n) is 8.19. The molecule has 0 atom stereocenters. The lowest BCUT2D eigenvalue weighted by Gasteiger charge is -2.10. The Bertz CT molecular complexity index is 749. The summed E-state index contributed by atoms with van der Waals surface area (Å²) in [5.74, 6) is 0.869. The number of hydrogen-bond donors (Lipinski definition) is 0. The van der Waals surface area contributed by atoms with Gasteiger partial charge in [-0.1, -0.05) is 30.3 Å². The molecule has 0 aromatic heterocycles. The first-order valence-corrected chi connectivity index (χ1v) is 8.19. The van der Waals surface area contributed by atoms with Crippen molar-refractivity contribution in [2.24, 2.45) is 4.99 Å². The van der Waals surface area contributed by atoms with E-state index in [-0.39, 0.29) is 0 Å². The number of rotatable bonds is 7. The lowest BCUT2D eigenvalue weighted by Crippen LogP contribution is -2.15. The average Bonchev–Trinajstić information content (AvgIpc) is 3.02. The number of nitrogens with zero attached hydrogens (tertiary/aromatic N) is 2. The largest absolute Gasteiger partial charge is 0.493 e. The van der Waals surface area contributed by atoms with Crippen LogP contribution in [0.3, 0.4) is 0 Å². The number of fused-ring (bicyclic) bond motifs is 1. The summed E-state index contributed by atoms with van der Waals surface area (Å²) in [6.07, 6.45) is 2.67. The molecule has 2 aromatic carbocycles. The Hall–Kier alpha value is -2.46. The highest BCUT2D eigenvalue weighted by molar-refractivity contribution is 6.06. The Balaban J connectivity index is 1.67. The monoisotopic (exact) mass is 322 g/mol. The van der Waals surface area contributed by atoms with Gasteiger partial charge in [-0.25, -0.2) is 0 Å². The summed E-state index contributed by atoms with van der Waals surface area (Å²) in [5, 5.41) is 0. The second-order valence-electron chi connectivity index (χ2n) is 6.27. The maximum Gasteiger partial charge on any atom is 0.150 e. The molecule has 0 saturated carbocycles. The van der Waals surface area contributed by atoms with E-state index in [9.17, 15) is 4.79 Å². The predicted octanol–water partition coefficient (Wildman–Crippen LogP) is 3.51. The third-order valence-corrected chi connectivity index (χ3v) is 4.07. The van der Waals surface area contributed by atoms with Gasteiger partial charge in [0, 0.05) is 24.6 Å². The SMILES string of the molecule is CN(C)CCCOc1ccc2c(c1)N=C(c1ccc(C=O)cc1)C2. The minimum atomic E-state index is 0.684. The van der Waals surface area contributed by atoms with Crippen molar-refractivity contribution in [3.05, 3.63) is 59.2 Å². The first kappa shape index (κ1) is 16.4. The van der Waals surface area contributed by atoms with Crippen LogP contribution in [0.5, 0.6) is 5.75 Å². The zero-order valence-corrected chi connectivity index (χ0v) is 14.2. The molecule has 3 rings (SSSR count). The van der Waals surface area contributed by atoms with Crippen LogP contribution in [0.25, 0.3) is 0 Å². The molecule has 1 heterocycles. The highest BCUT2D eigenvalue weighted by Gasteiger charge is 2.16. The summed E-state index contributed by atoms with van der Waals surface area (Å²) in [4.78, 5) is 17.6. The number of carbonyl (C=O) groups is 1. The van der Waals surface area contributed by atoms with Crippen LogP contribution in [-0.4, -0.2) is 44.1 Å². The van der Waals surface area contributed by atoms with E-state index in [2.05, 4.69) is 25.1 Å². The van der Waals surface area contributed by atoms with Crippen LogP contribution >= 0.6 is 0 Å². The van der Waals surface area contributed by atoms with Crippen LogP contribution in [0.2, 0.25) is 0 Å². The zero-order chi connectivity index (χ0) is 16.9. The van der Waals surface area contributed by atoms with Crippen molar-refractivity contribution in [1.29, 1.82) is 0 Å². The minimum Gasteiger partial charge on any atom is -0.493 e. The summed E-state index contributed by atoms with van der Waals surface area (Å²) in [5.41, 5.74) is 4.97. The van der Waals surface area contributed by atoms with E-state index in [1.54, 1.807) is 0 Å². The molecular formula is C20H22N2O2. The van der Waals surface area contributed by atoms with Crippen LogP contribution < -0.4 is 4.74 Å². The third-order valence-electron chi connectivity index (χ3n) is 4.07. The van der Waals surface area contributed by atoms with Gasteiger partial charge in [-0.2, -0.15) is 0 Å². The lowest BCUT2D eigenvalue weighted by molar-refractivity contribution is 0.112. The van der Waals surface area contributed by atoms with Crippen molar-refractivity contribution >= 4 is 17.7 Å². The van der Waals surface area contributed by atoms with Gasteiger partial charge in [0.1, 0.15) is 12.0 Å². The van der Waals surface area contributed by atoms with Gasteiger partial charge < -0.3 is 9.64 Å². The smallest absolute Gasteiger partial charge is 0.150 e. The fourth-order valence-electron chi connectivity index (χ4n) is 2.74. The summed E-state index contributed by atoms with van der Waals surface area (Å²) in [6, 6.07) is 13.7. The van der Waals surface area contributed by atoms with E-state index < -0.39 is 0 Å². The van der Waals surface area contributed by atoms with Gasteiger partial charge in [0.05, 0.1) is 18.0 Å². The Labute approximate surface area is 142 Å². The normalized spacial score (nSPS) is 12.9. The summed E-state index contributed by atoms with van der Waals surface area (Å²) in [7, 11) is 4.13.